The summed E-state index contributed by atoms with van der Waals surface area (Å²) in [5.74, 6) is -0.499. The van der Waals surface area contributed by atoms with Crippen LogP contribution in [0.1, 0.15) is 22.2 Å². The molecule has 17 heavy (non-hydrogen) atoms. The highest BCUT2D eigenvalue weighted by atomic mass is 32.1. The van der Waals surface area contributed by atoms with Crippen molar-refractivity contribution in [3.05, 3.63) is 33.2 Å². The number of hydrogen-bond donors (Lipinski definition) is 0. The van der Waals surface area contributed by atoms with Gasteiger partial charge in [0.05, 0.1) is 12.8 Å². The second-order valence-corrected chi connectivity index (χ2v) is 4.07. The van der Waals surface area contributed by atoms with Crippen LogP contribution in [0.25, 0.3) is 4.96 Å². The molecule has 86 valence electrons. The Labute approximate surface area is 99.7 Å². The van der Waals surface area contributed by atoms with Crippen LogP contribution < -0.4 is 5.56 Å². The largest absolute Gasteiger partial charge is 0.462 e. The monoisotopic (exact) mass is 249 g/mol. The van der Waals surface area contributed by atoms with E-state index in [1.807, 2.05) is 0 Å². The van der Waals surface area contributed by atoms with Crippen molar-refractivity contribution in [2.24, 2.45) is 0 Å². The molecule has 2 rings (SSSR count). The van der Waals surface area contributed by atoms with Gasteiger partial charge in [0, 0.05) is 6.20 Å². The molecule has 0 aliphatic carbocycles. The molecule has 0 amide bonds. The van der Waals surface area contributed by atoms with E-state index < -0.39 is 11.5 Å². The zero-order valence-corrected chi connectivity index (χ0v) is 9.65. The summed E-state index contributed by atoms with van der Waals surface area (Å²) in [7, 11) is 0. The van der Waals surface area contributed by atoms with Crippen LogP contribution in [0, 0.1) is 11.3 Å². The zero-order chi connectivity index (χ0) is 12.4. The summed E-state index contributed by atoms with van der Waals surface area (Å²) < 4.78 is 5.99. The Balaban J connectivity index is 2.59. The summed E-state index contributed by atoms with van der Waals surface area (Å²) in [6.45, 7) is 1.96. The predicted molar refractivity (Wildman–Crippen MR) is 60.0 cm³/mol. The van der Waals surface area contributed by atoms with Gasteiger partial charge >= 0.3 is 5.97 Å². The van der Waals surface area contributed by atoms with Gasteiger partial charge in [-0.1, -0.05) is 11.3 Å². The third-order valence-corrected chi connectivity index (χ3v) is 2.98. The van der Waals surface area contributed by atoms with Crippen molar-refractivity contribution in [3.8, 4) is 6.07 Å². The first-order chi connectivity index (χ1) is 8.17. The van der Waals surface area contributed by atoms with Gasteiger partial charge in [0.2, 0.25) is 0 Å². The minimum Gasteiger partial charge on any atom is -0.462 e. The molecule has 0 spiro atoms. The lowest BCUT2D eigenvalue weighted by Crippen LogP contribution is -2.15. The molecule has 0 N–H and O–H groups in total. The second-order valence-electron chi connectivity index (χ2n) is 3.06. The highest BCUT2D eigenvalue weighted by Gasteiger charge is 2.14. The fraction of sp³-hybridized carbons (Fsp3) is 0.200. The first-order valence-corrected chi connectivity index (χ1v) is 5.57. The van der Waals surface area contributed by atoms with Crippen LogP contribution in [-0.2, 0) is 4.74 Å². The first-order valence-electron chi connectivity index (χ1n) is 4.75. The molecule has 0 atom stereocenters. The Morgan fingerprint density at radius 3 is 3.12 bits per heavy atom. The highest BCUT2D eigenvalue weighted by molar-refractivity contribution is 7.18. The van der Waals surface area contributed by atoms with E-state index in [2.05, 4.69) is 4.98 Å². The van der Waals surface area contributed by atoms with Crippen molar-refractivity contribution >= 4 is 22.3 Å². The van der Waals surface area contributed by atoms with E-state index in [0.29, 0.717) is 4.96 Å². The summed E-state index contributed by atoms with van der Waals surface area (Å²) in [5.41, 5.74) is -0.542. The van der Waals surface area contributed by atoms with Gasteiger partial charge in [-0.3, -0.25) is 9.20 Å². The topological polar surface area (TPSA) is 84.5 Å². The van der Waals surface area contributed by atoms with Crippen molar-refractivity contribution in [1.29, 1.82) is 5.26 Å². The Kier molecular flexibility index (Phi) is 2.89. The molecule has 0 bridgehead atoms. The molecule has 0 aliphatic rings. The first kappa shape index (κ1) is 11.3. The number of fused-ring (bicyclic) bond motifs is 1. The van der Waals surface area contributed by atoms with Crippen LogP contribution >= 0.6 is 11.3 Å². The van der Waals surface area contributed by atoms with Gasteiger partial charge in [-0.15, -0.1) is 0 Å². The number of nitriles is 1. The predicted octanol–water partition coefficient (Wildman–Crippen LogP) is 0.804. The van der Waals surface area contributed by atoms with Crippen molar-refractivity contribution in [1.82, 2.24) is 9.38 Å². The van der Waals surface area contributed by atoms with E-state index in [9.17, 15) is 9.59 Å². The standard InChI is InChI=1S/C10H7N3O3S/c1-2-16-9(15)7-5-13-8(14)6(3-11)4-12-10(13)17-7/h4-5H,2H2,1H3. The van der Waals surface area contributed by atoms with Crippen LogP contribution in [0.3, 0.4) is 0 Å². The van der Waals surface area contributed by atoms with Gasteiger partial charge in [0.1, 0.15) is 16.5 Å². The van der Waals surface area contributed by atoms with Gasteiger partial charge in [-0.2, -0.15) is 5.26 Å². The molecule has 7 heteroatoms. The molecule has 0 saturated heterocycles. The van der Waals surface area contributed by atoms with Crippen molar-refractivity contribution < 1.29 is 9.53 Å². The molecule has 0 aliphatic heterocycles. The van der Waals surface area contributed by atoms with Gasteiger partial charge in [-0.05, 0) is 6.92 Å². The fourth-order valence-electron chi connectivity index (χ4n) is 1.26. The summed E-state index contributed by atoms with van der Waals surface area (Å²) in [4.78, 5) is 27.7. The lowest BCUT2D eigenvalue weighted by molar-refractivity contribution is 0.0531. The number of thiazole rings is 1. The Morgan fingerprint density at radius 1 is 1.71 bits per heavy atom. The molecule has 0 saturated carbocycles. The number of rotatable bonds is 2. The molecule has 0 fully saturated rings. The third kappa shape index (κ3) is 1.90. The maximum Gasteiger partial charge on any atom is 0.349 e. The highest BCUT2D eigenvalue weighted by Crippen LogP contribution is 2.15. The maximum atomic E-state index is 11.7. The zero-order valence-electron chi connectivity index (χ0n) is 8.84. The van der Waals surface area contributed by atoms with Crippen molar-refractivity contribution in [2.75, 3.05) is 6.61 Å². The summed E-state index contributed by atoms with van der Waals surface area (Å²) >= 11 is 1.05. The fourth-order valence-corrected chi connectivity index (χ4v) is 2.09. The van der Waals surface area contributed by atoms with Crippen LogP contribution in [0.2, 0.25) is 0 Å². The molecule has 6 nitrogen and oxygen atoms in total. The molecule has 2 aromatic rings. The molecular weight excluding hydrogens is 242 g/mol. The lowest BCUT2D eigenvalue weighted by Gasteiger charge is -1.95. The second kappa shape index (κ2) is 4.35. The number of esters is 1. The Hall–Kier alpha value is -2.20. The van der Waals surface area contributed by atoms with Gasteiger partial charge in [-0.25, -0.2) is 9.78 Å². The van der Waals surface area contributed by atoms with E-state index in [4.69, 9.17) is 10.00 Å². The van der Waals surface area contributed by atoms with E-state index in [1.54, 1.807) is 13.0 Å². The molecule has 0 aromatic carbocycles. The number of ether oxygens (including phenoxy) is 1. The average Bonchev–Trinajstić information content (AvgIpc) is 2.75. The normalized spacial score (nSPS) is 10.1. The van der Waals surface area contributed by atoms with Crippen molar-refractivity contribution in [3.63, 3.8) is 0 Å². The van der Waals surface area contributed by atoms with Gasteiger partial charge < -0.3 is 4.74 Å². The number of carbonyl (C=O) groups is 1. The molecule has 2 heterocycles. The minimum atomic E-state index is -0.499. The molecular formula is C10H7N3O3S. The van der Waals surface area contributed by atoms with E-state index in [-0.39, 0.29) is 17.0 Å². The SMILES string of the molecule is CCOC(=O)c1cn2c(=O)c(C#N)cnc2s1. The lowest BCUT2D eigenvalue weighted by atomic mass is 10.4. The van der Waals surface area contributed by atoms with Crippen LogP contribution in [0.5, 0.6) is 0 Å². The van der Waals surface area contributed by atoms with Gasteiger partial charge in [0.15, 0.2) is 4.96 Å². The molecule has 0 unspecified atom stereocenters. The maximum absolute atomic E-state index is 11.7. The summed E-state index contributed by atoms with van der Waals surface area (Å²) in [5, 5.41) is 8.69. The smallest absolute Gasteiger partial charge is 0.349 e. The summed E-state index contributed by atoms with van der Waals surface area (Å²) in [6, 6.07) is 1.74. The quantitative estimate of drug-likeness (QED) is 0.735. The third-order valence-electron chi connectivity index (χ3n) is 2.00. The number of carbonyl (C=O) groups excluding carboxylic acids is 1. The summed E-state index contributed by atoms with van der Waals surface area (Å²) in [6.07, 6.45) is 2.54. The number of nitrogens with zero attached hydrogens (tertiary/aromatic N) is 3. The minimum absolute atomic E-state index is 0.0595. The number of aromatic nitrogens is 2. The van der Waals surface area contributed by atoms with E-state index >= 15 is 0 Å². The van der Waals surface area contributed by atoms with Crippen LogP contribution in [0.4, 0.5) is 0 Å². The van der Waals surface area contributed by atoms with Crippen LogP contribution in [0.15, 0.2) is 17.2 Å². The van der Waals surface area contributed by atoms with E-state index in [0.717, 1.165) is 11.3 Å². The van der Waals surface area contributed by atoms with Gasteiger partial charge in [0.25, 0.3) is 5.56 Å². The van der Waals surface area contributed by atoms with E-state index in [1.165, 1.54) is 16.8 Å². The Morgan fingerprint density at radius 2 is 2.47 bits per heavy atom. The van der Waals surface area contributed by atoms with Crippen molar-refractivity contribution in [2.45, 2.75) is 6.92 Å². The number of hydrogen-bond acceptors (Lipinski definition) is 6. The van der Waals surface area contributed by atoms with Crippen LogP contribution in [-0.4, -0.2) is 22.0 Å². The average molecular weight is 249 g/mol. The Bertz CT molecular complexity index is 680. The molecule has 2 aromatic heterocycles. The molecule has 0 radical (unpaired) electrons.